The highest BCUT2D eigenvalue weighted by Gasteiger charge is 2.84. The average molecular weight is 398 g/mol. The number of thioether (sulfide) groups is 1. The summed E-state index contributed by atoms with van der Waals surface area (Å²) in [4.78, 5) is 22.4. The summed E-state index contributed by atoms with van der Waals surface area (Å²) in [5, 5.41) is 15.6. The number of hydrogen-bond acceptors (Lipinski definition) is 5. The van der Waals surface area contributed by atoms with Gasteiger partial charge in [0.2, 0.25) is 0 Å². The van der Waals surface area contributed by atoms with Crippen LogP contribution in [0.4, 0.5) is 0 Å². The van der Waals surface area contributed by atoms with E-state index in [-0.39, 0.29) is 5.91 Å². The molecule has 6 aliphatic rings. The minimum Gasteiger partial charge on any atom is -0.387 e. The van der Waals surface area contributed by atoms with Gasteiger partial charge in [-0.25, -0.2) is 9.97 Å². The van der Waals surface area contributed by atoms with E-state index in [1.54, 1.807) is 0 Å². The molecule has 5 nitrogen and oxygen atoms in total. The Kier molecular flexibility index (Phi) is 3.04. The predicted octanol–water partition coefficient (Wildman–Crippen LogP) is 2.62. The van der Waals surface area contributed by atoms with Crippen LogP contribution in [0.3, 0.4) is 0 Å². The van der Waals surface area contributed by atoms with Crippen LogP contribution in [0.5, 0.6) is 0 Å². The zero-order valence-electron chi connectivity index (χ0n) is 16.4. The number of carbonyl (C=O) groups is 1. The van der Waals surface area contributed by atoms with Crippen molar-refractivity contribution in [2.75, 3.05) is 12.8 Å². The number of fused-ring (bicyclic) bond motifs is 2. The summed E-state index contributed by atoms with van der Waals surface area (Å²) >= 11 is 1.52. The van der Waals surface area contributed by atoms with Crippen LogP contribution in [0.1, 0.15) is 53.5 Å². The molecular formula is C22H27N3O2S. The number of aliphatic hydroxyl groups is 1. The maximum atomic E-state index is 13.1. The molecule has 6 fully saturated rings. The Morgan fingerprint density at radius 2 is 1.89 bits per heavy atom. The molecule has 1 aromatic heterocycles. The SMILES string of the molecule is CSc1nc(C2CC2)nc(C)c1C(=O)NCC1(O)C2C3CC4C5C3CC2C5C41. The van der Waals surface area contributed by atoms with Gasteiger partial charge in [0.1, 0.15) is 10.9 Å². The molecular weight excluding hydrogens is 370 g/mol. The lowest BCUT2D eigenvalue weighted by atomic mass is 9.56. The van der Waals surface area contributed by atoms with Crippen molar-refractivity contribution in [1.29, 1.82) is 0 Å². The number of aromatic nitrogens is 2. The van der Waals surface area contributed by atoms with Gasteiger partial charge in [0.15, 0.2) is 0 Å². The Labute approximate surface area is 169 Å². The van der Waals surface area contributed by atoms with Crippen molar-refractivity contribution >= 4 is 17.7 Å². The quantitative estimate of drug-likeness (QED) is 0.590. The summed E-state index contributed by atoms with van der Waals surface area (Å²) in [7, 11) is 0. The van der Waals surface area contributed by atoms with Crippen molar-refractivity contribution in [3.05, 3.63) is 17.1 Å². The molecule has 0 aliphatic heterocycles. The molecule has 148 valence electrons. The van der Waals surface area contributed by atoms with E-state index in [9.17, 15) is 9.90 Å². The minimum absolute atomic E-state index is 0.115. The van der Waals surface area contributed by atoms with Gasteiger partial charge in [-0.3, -0.25) is 4.79 Å². The molecule has 28 heavy (non-hydrogen) atoms. The van der Waals surface area contributed by atoms with Gasteiger partial charge in [-0.15, -0.1) is 11.8 Å². The van der Waals surface area contributed by atoms with E-state index >= 15 is 0 Å². The van der Waals surface area contributed by atoms with Crippen LogP contribution in [-0.4, -0.2) is 39.4 Å². The second-order valence-electron chi connectivity index (χ2n) is 10.3. The molecule has 0 saturated heterocycles. The number of hydrogen-bond donors (Lipinski definition) is 2. The predicted molar refractivity (Wildman–Crippen MR) is 105 cm³/mol. The van der Waals surface area contributed by atoms with Crippen LogP contribution in [0.25, 0.3) is 0 Å². The topological polar surface area (TPSA) is 75.1 Å². The van der Waals surface area contributed by atoms with E-state index in [1.807, 2.05) is 13.2 Å². The molecule has 1 amide bonds. The fraction of sp³-hybridized carbons (Fsp3) is 0.773. The lowest BCUT2D eigenvalue weighted by Crippen LogP contribution is -2.59. The number of carbonyl (C=O) groups excluding carboxylic acids is 1. The van der Waals surface area contributed by atoms with Gasteiger partial charge in [0, 0.05) is 12.5 Å². The Bertz CT molecular complexity index is 911. The normalized spacial score (nSPS) is 48.4. The maximum Gasteiger partial charge on any atom is 0.255 e. The van der Waals surface area contributed by atoms with Crippen molar-refractivity contribution in [2.45, 2.75) is 49.2 Å². The molecule has 9 atom stereocenters. The third-order valence-electron chi connectivity index (χ3n) is 9.49. The number of amides is 1. The number of rotatable bonds is 5. The van der Waals surface area contributed by atoms with Gasteiger partial charge in [-0.2, -0.15) is 0 Å². The molecule has 2 bridgehead atoms. The molecule has 6 heteroatoms. The Hall–Kier alpha value is -1.14. The second-order valence-corrected chi connectivity index (χ2v) is 11.1. The third kappa shape index (κ3) is 1.75. The summed E-state index contributed by atoms with van der Waals surface area (Å²) in [6, 6.07) is 0. The summed E-state index contributed by atoms with van der Waals surface area (Å²) in [5.41, 5.74) is 0.690. The van der Waals surface area contributed by atoms with Crippen LogP contribution < -0.4 is 5.32 Å². The molecule has 1 aromatic rings. The monoisotopic (exact) mass is 397 g/mol. The van der Waals surface area contributed by atoms with E-state index in [1.165, 1.54) is 24.6 Å². The molecule has 1 heterocycles. The molecule has 7 rings (SSSR count). The van der Waals surface area contributed by atoms with Crippen molar-refractivity contribution in [2.24, 2.45) is 47.3 Å². The highest BCUT2D eigenvalue weighted by atomic mass is 32.2. The first-order chi connectivity index (χ1) is 13.5. The Morgan fingerprint density at radius 1 is 1.14 bits per heavy atom. The van der Waals surface area contributed by atoms with Gasteiger partial charge in [-0.05, 0) is 86.2 Å². The van der Waals surface area contributed by atoms with Crippen molar-refractivity contribution < 1.29 is 9.90 Å². The van der Waals surface area contributed by atoms with Crippen molar-refractivity contribution in [1.82, 2.24) is 15.3 Å². The lowest BCUT2D eigenvalue weighted by molar-refractivity contribution is -0.126. The fourth-order valence-corrected chi connectivity index (χ4v) is 9.40. The average Bonchev–Trinajstić information content (AvgIpc) is 3.32. The zero-order chi connectivity index (χ0) is 18.9. The minimum atomic E-state index is -0.678. The van der Waals surface area contributed by atoms with E-state index in [0.29, 0.717) is 29.9 Å². The van der Waals surface area contributed by atoms with Crippen molar-refractivity contribution in [3.63, 3.8) is 0 Å². The van der Waals surface area contributed by atoms with Crippen LogP contribution in [0.2, 0.25) is 0 Å². The summed E-state index contributed by atoms with van der Waals surface area (Å²) in [6.45, 7) is 2.32. The molecule has 9 unspecified atom stereocenters. The largest absolute Gasteiger partial charge is 0.387 e. The molecule has 6 saturated carbocycles. The smallest absolute Gasteiger partial charge is 0.255 e. The first-order valence-electron chi connectivity index (χ1n) is 11.0. The molecule has 0 aromatic carbocycles. The van der Waals surface area contributed by atoms with Gasteiger partial charge in [0.25, 0.3) is 5.91 Å². The maximum absolute atomic E-state index is 13.1. The Morgan fingerprint density at radius 3 is 2.64 bits per heavy atom. The summed E-state index contributed by atoms with van der Waals surface area (Å²) < 4.78 is 0. The first-order valence-corrected chi connectivity index (χ1v) is 12.2. The summed E-state index contributed by atoms with van der Waals surface area (Å²) in [6.07, 6.45) is 6.97. The lowest BCUT2D eigenvalue weighted by Gasteiger charge is -2.51. The zero-order valence-corrected chi connectivity index (χ0v) is 17.2. The summed E-state index contributed by atoms with van der Waals surface area (Å²) in [5.74, 6) is 6.86. The van der Waals surface area contributed by atoms with E-state index < -0.39 is 5.60 Å². The van der Waals surface area contributed by atoms with Crippen LogP contribution in [0, 0.1) is 54.3 Å². The number of nitrogens with zero attached hydrogens (tertiary/aromatic N) is 2. The molecule has 2 N–H and O–H groups in total. The van der Waals surface area contributed by atoms with Crippen LogP contribution >= 0.6 is 11.8 Å². The second kappa shape index (κ2) is 5.12. The standard InChI is InChI=1S/C22H27N3O2S/c1-8-14(21(28-2)25-19(24-8)9-3-4-9)20(26)23-7-22(27)17-11-6-12-15-10(11)5-13(17)16(15)18(12)22/h9-13,15-18,27H,3-7H2,1-2H3,(H,23,26). The van der Waals surface area contributed by atoms with E-state index in [2.05, 4.69) is 15.3 Å². The van der Waals surface area contributed by atoms with E-state index in [4.69, 9.17) is 0 Å². The first kappa shape index (κ1) is 16.6. The van der Waals surface area contributed by atoms with Gasteiger partial charge >= 0.3 is 0 Å². The molecule has 6 aliphatic carbocycles. The highest BCUT2D eigenvalue weighted by Crippen LogP contribution is 2.85. The van der Waals surface area contributed by atoms with E-state index in [0.717, 1.165) is 64.9 Å². The Balaban J connectivity index is 1.15. The molecule has 0 spiro atoms. The van der Waals surface area contributed by atoms with Gasteiger partial charge in [0.05, 0.1) is 16.9 Å². The molecule has 0 radical (unpaired) electrons. The fourth-order valence-electron chi connectivity index (χ4n) is 8.77. The number of aryl methyl sites for hydroxylation is 1. The highest BCUT2D eigenvalue weighted by molar-refractivity contribution is 7.98. The number of nitrogens with one attached hydrogen (secondary N) is 1. The van der Waals surface area contributed by atoms with Crippen LogP contribution in [0.15, 0.2) is 5.03 Å². The van der Waals surface area contributed by atoms with Gasteiger partial charge in [-0.1, -0.05) is 0 Å². The van der Waals surface area contributed by atoms with Gasteiger partial charge < -0.3 is 10.4 Å². The third-order valence-corrected chi connectivity index (χ3v) is 10.2. The van der Waals surface area contributed by atoms with Crippen LogP contribution in [-0.2, 0) is 0 Å². The van der Waals surface area contributed by atoms with Crippen molar-refractivity contribution in [3.8, 4) is 0 Å².